The highest BCUT2D eigenvalue weighted by atomic mass is 16.6. The van der Waals surface area contributed by atoms with Crippen molar-refractivity contribution >= 4 is 6.09 Å². The summed E-state index contributed by atoms with van der Waals surface area (Å²) in [4.78, 5) is 10.7. The minimum atomic E-state index is -0.717. The number of aliphatic hydroxyl groups is 2. The van der Waals surface area contributed by atoms with Crippen LogP contribution < -0.4 is 5.32 Å². The molecule has 0 aliphatic heterocycles. The molecule has 0 saturated heterocycles. The molecule has 0 aromatic carbocycles. The highest BCUT2D eigenvalue weighted by Gasteiger charge is 2.14. The summed E-state index contributed by atoms with van der Waals surface area (Å²) in [6.07, 6.45) is -0.717. The van der Waals surface area contributed by atoms with E-state index in [9.17, 15) is 4.79 Å². The van der Waals surface area contributed by atoms with Crippen molar-refractivity contribution in [2.45, 2.75) is 19.9 Å². The smallest absolute Gasteiger partial charge is 0.409 e. The van der Waals surface area contributed by atoms with Gasteiger partial charge in [0.05, 0.1) is 12.6 Å². The predicted molar refractivity (Wildman–Crippen MR) is 42.4 cm³/mol. The van der Waals surface area contributed by atoms with Crippen LogP contribution in [0.5, 0.6) is 0 Å². The number of rotatable bonds is 4. The summed E-state index contributed by atoms with van der Waals surface area (Å²) in [5.74, 6) is 0.126. The number of carbonyl (C=O) groups is 1. The summed E-state index contributed by atoms with van der Waals surface area (Å²) in [5.41, 5.74) is 0. The van der Waals surface area contributed by atoms with E-state index in [1.165, 1.54) is 0 Å². The third-order valence-electron chi connectivity index (χ3n) is 1.50. The van der Waals surface area contributed by atoms with Crippen LogP contribution in [0.1, 0.15) is 13.8 Å². The Morgan fingerprint density at radius 1 is 1.50 bits per heavy atom. The van der Waals surface area contributed by atoms with Crippen molar-refractivity contribution in [1.29, 1.82) is 0 Å². The van der Waals surface area contributed by atoms with Crippen LogP contribution in [0.15, 0.2) is 0 Å². The van der Waals surface area contributed by atoms with Crippen LogP contribution in [0.2, 0.25) is 0 Å². The van der Waals surface area contributed by atoms with E-state index in [-0.39, 0.29) is 18.6 Å². The van der Waals surface area contributed by atoms with E-state index in [1.807, 2.05) is 13.8 Å². The second-order valence-electron chi connectivity index (χ2n) is 2.74. The normalized spacial score (nSPS) is 12.8. The summed E-state index contributed by atoms with van der Waals surface area (Å²) in [5, 5.41) is 19.4. The number of ether oxygens (including phenoxy) is 1. The van der Waals surface area contributed by atoms with Crippen LogP contribution in [-0.2, 0) is 4.74 Å². The first-order valence-corrected chi connectivity index (χ1v) is 3.76. The molecular formula is C7H15NO4. The van der Waals surface area contributed by atoms with Gasteiger partial charge in [0.2, 0.25) is 0 Å². The zero-order valence-corrected chi connectivity index (χ0v) is 7.28. The van der Waals surface area contributed by atoms with Gasteiger partial charge in [0, 0.05) is 0 Å². The van der Waals surface area contributed by atoms with Gasteiger partial charge in [-0.1, -0.05) is 13.8 Å². The van der Waals surface area contributed by atoms with Crippen LogP contribution in [0, 0.1) is 5.92 Å². The van der Waals surface area contributed by atoms with E-state index >= 15 is 0 Å². The van der Waals surface area contributed by atoms with Gasteiger partial charge in [0.1, 0.15) is 0 Å². The maximum atomic E-state index is 10.7. The molecule has 0 aliphatic rings. The van der Waals surface area contributed by atoms with E-state index in [0.29, 0.717) is 0 Å². The van der Waals surface area contributed by atoms with Crippen molar-refractivity contribution in [3.05, 3.63) is 0 Å². The van der Waals surface area contributed by atoms with E-state index < -0.39 is 12.9 Å². The van der Waals surface area contributed by atoms with E-state index in [1.54, 1.807) is 0 Å². The monoisotopic (exact) mass is 177 g/mol. The van der Waals surface area contributed by atoms with Crippen LogP contribution in [-0.4, -0.2) is 35.7 Å². The number of carbonyl (C=O) groups excluding carboxylic acids is 1. The number of aliphatic hydroxyl groups excluding tert-OH is 2. The molecule has 0 heterocycles. The lowest BCUT2D eigenvalue weighted by Gasteiger charge is -2.18. The van der Waals surface area contributed by atoms with Crippen LogP contribution >= 0.6 is 0 Å². The Labute approximate surface area is 71.3 Å². The Morgan fingerprint density at radius 2 is 2.08 bits per heavy atom. The molecule has 1 atom stereocenters. The van der Waals surface area contributed by atoms with Crippen molar-refractivity contribution in [2.75, 3.05) is 13.4 Å². The van der Waals surface area contributed by atoms with Crippen LogP contribution in [0.4, 0.5) is 4.79 Å². The summed E-state index contributed by atoms with van der Waals surface area (Å²) in [7, 11) is 0. The van der Waals surface area contributed by atoms with Gasteiger partial charge in [-0.05, 0) is 5.92 Å². The van der Waals surface area contributed by atoms with Gasteiger partial charge in [-0.3, -0.25) is 0 Å². The summed E-state index contributed by atoms with van der Waals surface area (Å²) in [6.45, 7) is 2.93. The molecular weight excluding hydrogens is 162 g/mol. The fourth-order valence-corrected chi connectivity index (χ4v) is 0.675. The van der Waals surface area contributed by atoms with Crippen molar-refractivity contribution < 1.29 is 19.7 Å². The number of alkyl carbamates (subject to hydrolysis) is 1. The number of hydrogen-bond acceptors (Lipinski definition) is 4. The fraction of sp³-hybridized carbons (Fsp3) is 0.857. The maximum Gasteiger partial charge on any atom is 0.409 e. The van der Waals surface area contributed by atoms with Crippen LogP contribution in [0.3, 0.4) is 0 Å². The van der Waals surface area contributed by atoms with Gasteiger partial charge < -0.3 is 20.3 Å². The van der Waals surface area contributed by atoms with Gasteiger partial charge in [-0.15, -0.1) is 0 Å². The molecule has 0 aromatic heterocycles. The average molecular weight is 177 g/mol. The lowest BCUT2D eigenvalue weighted by molar-refractivity contribution is 0.0394. The van der Waals surface area contributed by atoms with E-state index in [4.69, 9.17) is 10.2 Å². The van der Waals surface area contributed by atoms with Gasteiger partial charge in [-0.2, -0.15) is 0 Å². The molecule has 1 unspecified atom stereocenters. The number of nitrogens with one attached hydrogen (secondary N) is 1. The molecule has 1 amide bonds. The SMILES string of the molecule is CC(C)C(CO)NC(=O)OCO. The van der Waals surface area contributed by atoms with Crippen molar-refractivity contribution in [3.63, 3.8) is 0 Å². The summed E-state index contributed by atoms with van der Waals surface area (Å²) in [6, 6.07) is -0.330. The second-order valence-corrected chi connectivity index (χ2v) is 2.74. The third kappa shape index (κ3) is 4.15. The highest BCUT2D eigenvalue weighted by Crippen LogP contribution is 2.00. The van der Waals surface area contributed by atoms with Gasteiger partial charge in [0.15, 0.2) is 6.79 Å². The molecule has 12 heavy (non-hydrogen) atoms. The average Bonchev–Trinajstić information content (AvgIpc) is 2.00. The lowest BCUT2D eigenvalue weighted by atomic mass is 10.1. The zero-order valence-electron chi connectivity index (χ0n) is 7.28. The Kier molecular flexibility index (Phi) is 5.40. The quantitative estimate of drug-likeness (QED) is 0.514. The first-order chi connectivity index (χ1) is 5.61. The predicted octanol–water partition coefficient (Wildman–Crippen LogP) is -0.321. The molecule has 0 fully saturated rings. The zero-order chi connectivity index (χ0) is 9.56. The van der Waals surface area contributed by atoms with Gasteiger partial charge in [-0.25, -0.2) is 4.79 Å². The van der Waals surface area contributed by atoms with Crippen LogP contribution in [0.25, 0.3) is 0 Å². The Bertz CT molecular complexity index is 137. The minimum Gasteiger partial charge on any atom is -0.423 e. The highest BCUT2D eigenvalue weighted by molar-refractivity contribution is 5.67. The topological polar surface area (TPSA) is 78.8 Å². The van der Waals surface area contributed by atoms with E-state index in [2.05, 4.69) is 10.1 Å². The molecule has 0 rings (SSSR count). The summed E-state index contributed by atoms with van der Waals surface area (Å²) < 4.78 is 4.22. The largest absolute Gasteiger partial charge is 0.423 e. The third-order valence-corrected chi connectivity index (χ3v) is 1.50. The molecule has 3 N–H and O–H groups in total. The molecule has 5 nitrogen and oxygen atoms in total. The maximum absolute atomic E-state index is 10.7. The van der Waals surface area contributed by atoms with Gasteiger partial charge >= 0.3 is 6.09 Å². The number of hydrogen-bond donors (Lipinski definition) is 3. The van der Waals surface area contributed by atoms with Crippen molar-refractivity contribution in [2.24, 2.45) is 5.92 Å². The van der Waals surface area contributed by atoms with Crippen molar-refractivity contribution in [1.82, 2.24) is 5.32 Å². The second kappa shape index (κ2) is 5.79. The Balaban J connectivity index is 3.77. The first kappa shape index (κ1) is 11.2. The van der Waals surface area contributed by atoms with E-state index in [0.717, 1.165) is 0 Å². The molecule has 0 aromatic rings. The fourth-order valence-electron chi connectivity index (χ4n) is 0.675. The molecule has 72 valence electrons. The summed E-state index contributed by atoms with van der Waals surface area (Å²) >= 11 is 0. The Morgan fingerprint density at radius 3 is 2.42 bits per heavy atom. The standard InChI is InChI=1S/C7H15NO4/c1-5(2)6(3-9)8-7(11)12-4-10/h5-6,9-10H,3-4H2,1-2H3,(H,8,11). The first-order valence-electron chi connectivity index (χ1n) is 3.76. The van der Waals surface area contributed by atoms with Gasteiger partial charge in [0.25, 0.3) is 0 Å². The lowest BCUT2D eigenvalue weighted by Crippen LogP contribution is -2.41. The Hall–Kier alpha value is -0.810. The molecule has 0 bridgehead atoms. The minimum absolute atomic E-state index is 0.126. The molecule has 0 saturated carbocycles. The molecule has 0 radical (unpaired) electrons. The molecule has 0 spiro atoms. The molecule has 0 aliphatic carbocycles. The molecule has 5 heteroatoms. The number of amides is 1. The van der Waals surface area contributed by atoms with Crippen molar-refractivity contribution in [3.8, 4) is 0 Å².